The molecule has 4 N–H and O–H groups in total. The van der Waals surface area contributed by atoms with Crippen molar-refractivity contribution in [2.45, 2.75) is 101 Å². The molecule has 2 saturated carbocycles. The summed E-state index contributed by atoms with van der Waals surface area (Å²) < 4.78 is -1.20. The molecule has 0 aromatic rings. The molecule has 0 bridgehead atoms. The highest BCUT2D eigenvalue weighted by molar-refractivity contribution is 6.51. The van der Waals surface area contributed by atoms with Crippen LogP contribution in [0.25, 0.3) is 0 Å². The second kappa shape index (κ2) is 14.3. The third kappa shape index (κ3) is 8.07. The Labute approximate surface area is 258 Å². The van der Waals surface area contributed by atoms with Gasteiger partial charge in [-0.15, -0.1) is 36.4 Å². The highest BCUT2D eigenvalue weighted by Crippen LogP contribution is 2.65. The van der Waals surface area contributed by atoms with E-state index in [1.165, 1.54) is 4.90 Å². The molecule has 1 unspecified atom stereocenters. The maximum atomic E-state index is 14.0. The number of amides is 5. The number of urea groups is 1. The van der Waals surface area contributed by atoms with Crippen molar-refractivity contribution in [1.29, 1.82) is 0 Å². The molecule has 3 aliphatic rings. The van der Waals surface area contributed by atoms with Gasteiger partial charge < -0.3 is 26.2 Å². The van der Waals surface area contributed by atoms with Crippen LogP contribution in [0.15, 0.2) is 25.3 Å². The van der Waals surface area contributed by atoms with Gasteiger partial charge in [0.1, 0.15) is 16.4 Å². The first-order valence-corrected chi connectivity index (χ1v) is 15.6. The number of halogens is 2. The average molecular weight is 627 g/mol. The summed E-state index contributed by atoms with van der Waals surface area (Å²) in [6.07, 6.45) is 9.24. The van der Waals surface area contributed by atoms with Gasteiger partial charge in [-0.3, -0.25) is 19.2 Å². The number of nitrogens with zero attached hydrogens (tertiary/aromatic N) is 1. The van der Waals surface area contributed by atoms with Crippen molar-refractivity contribution in [3.8, 4) is 0 Å². The van der Waals surface area contributed by atoms with Crippen molar-refractivity contribution in [2.24, 2.45) is 17.3 Å². The van der Waals surface area contributed by atoms with Gasteiger partial charge in [-0.25, -0.2) is 4.79 Å². The molecule has 3 fully saturated rings. The number of likely N-dealkylation sites (tertiary alicyclic amines) is 1. The lowest BCUT2D eigenvalue weighted by Gasteiger charge is -2.37. The molecule has 3 rings (SSSR count). The van der Waals surface area contributed by atoms with Gasteiger partial charge in [-0.1, -0.05) is 52.2 Å². The Morgan fingerprint density at radius 3 is 2.24 bits per heavy atom. The number of carbonyl (C=O) groups is 5. The fourth-order valence-corrected chi connectivity index (χ4v) is 6.72. The van der Waals surface area contributed by atoms with E-state index in [4.69, 9.17) is 23.2 Å². The fourth-order valence-electron chi connectivity index (χ4n) is 5.90. The van der Waals surface area contributed by atoms with Crippen molar-refractivity contribution in [3.63, 3.8) is 0 Å². The molecule has 1 aliphatic heterocycles. The molecule has 5 atom stereocenters. The van der Waals surface area contributed by atoms with Gasteiger partial charge in [0, 0.05) is 31.0 Å². The van der Waals surface area contributed by atoms with Gasteiger partial charge in [0.15, 0.2) is 0 Å². The summed E-state index contributed by atoms with van der Waals surface area (Å²) in [5.74, 6) is -3.58. The van der Waals surface area contributed by atoms with E-state index in [1.54, 1.807) is 12.2 Å². The summed E-state index contributed by atoms with van der Waals surface area (Å²) in [4.78, 5) is 67.6. The number of piperidine rings is 1. The van der Waals surface area contributed by atoms with Crippen molar-refractivity contribution in [2.75, 3.05) is 13.1 Å². The minimum Gasteiger partial charge on any atom is -0.349 e. The molecule has 5 amide bonds. The number of ketones is 1. The van der Waals surface area contributed by atoms with Gasteiger partial charge in [0.2, 0.25) is 17.6 Å². The quantitative estimate of drug-likeness (QED) is 0.108. The molecule has 2 aliphatic carbocycles. The Bertz CT molecular complexity index is 1070. The van der Waals surface area contributed by atoms with Crippen LogP contribution in [0.5, 0.6) is 0 Å². The molecule has 1 saturated heterocycles. The van der Waals surface area contributed by atoms with Crippen LogP contribution in [-0.2, 0) is 19.2 Å². The number of alkyl halides is 2. The predicted octanol–water partition coefficient (Wildman–Crippen LogP) is 3.38. The van der Waals surface area contributed by atoms with Crippen LogP contribution < -0.4 is 21.3 Å². The number of carbonyl (C=O) groups excluding carboxylic acids is 5. The van der Waals surface area contributed by atoms with Crippen LogP contribution in [0.3, 0.4) is 0 Å². The number of rotatable bonds is 13. The molecule has 0 aromatic heterocycles. The van der Waals surface area contributed by atoms with E-state index in [0.717, 1.165) is 32.1 Å². The number of hydrogen-bond acceptors (Lipinski definition) is 5. The Hall–Kier alpha value is -2.59. The molecule has 12 heteroatoms. The van der Waals surface area contributed by atoms with Gasteiger partial charge in [0.25, 0.3) is 5.91 Å². The van der Waals surface area contributed by atoms with Gasteiger partial charge in [-0.05, 0) is 37.5 Å². The highest BCUT2D eigenvalue weighted by Gasteiger charge is 2.74. The van der Waals surface area contributed by atoms with Crippen LogP contribution in [0.4, 0.5) is 4.79 Å². The van der Waals surface area contributed by atoms with E-state index in [-0.39, 0.29) is 31.5 Å². The Kier molecular flexibility index (Phi) is 11.5. The Morgan fingerprint density at radius 2 is 1.64 bits per heavy atom. The molecule has 234 valence electrons. The number of nitrogens with one attached hydrogen (secondary N) is 4. The van der Waals surface area contributed by atoms with Crippen LogP contribution in [0.2, 0.25) is 0 Å². The molecule has 0 radical (unpaired) electrons. The summed E-state index contributed by atoms with van der Waals surface area (Å²) in [5, 5.41) is 11.1. The fraction of sp³-hybridized carbons (Fsp3) is 0.700. The zero-order chi connectivity index (χ0) is 31.2. The molecular formula is C30H45Cl2N5O5. The zero-order valence-electron chi connectivity index (χ0n) is 24.8. The lowest BCUT2D eigenvalue weighted by molar-refractivity contribution is -0.144. The summed E-state index contributed by atoms with van der Waals surface area (Å²) in [6, 6.07) is -3.52. The minimum absolute atomic E-state index is 0.0551. The van der Waals surface area contributed by atoms with Crippen molar-refractivity contribution >= 4 is 52.7 Å². The van der Waals surface area contributed by atoms with E-state index >= 15 is 0 Å². The maximum absolute atomic E-state index is 14.0. The number of Topliss-reactive ketones (excluding diaryl/α,β-unsaturated/α-hetero) is 1. The smallest absolute Gasteiger partial charge is 0.315 e. The van der Waals surface area contributed by atoms with E-state index in [0.29, 0.717) is 12.8 Å². The second-order valence-electron chi connectivity index (χ2n) is 12.6. The normalized spacial score (nSPS) is 24.4. The van der Waals surface area contributed by atoms with Gasteiger partial charge >= 0.3 is 6.03 Å². The summed E-state index contributed by atoms with van der Waals surface area (Å²) in [6.45, 7) is 13.1. The predicted molar refractivity (Wildman–Crippen MR) is 163 cm³/mol. The Morgan fingerprint density at radius 1 is 1.00 bits per heavy atom. The second-order valence-corrected chi connectivity index (χ2v) is 14.1. The zero-order valence-corrected chi connectivity index (χ0v) is 26.4. The van der Waals surface area contributed by atoms with Crippen LogP contribution in [-0.4, -0.2) is 76.0 Å². The molecule has 0 aromatic carbocycles. The summed E-state index contributed by atoms with van der Waals surface area (Å²) in [5.41, 5.74) is -0.681. The van der Waals surface area contributed by atoms with Crippen LogP contribution in [0, 0.1) is 17.3 Å². The Balaban J connectivity index is 1.78. The standard InChI is InChI=1S/C30H45Cl2N5O5/c1-6-8-15-20(23(38)26(40)33-16-9-7-2)35-25(39)22-21-19(30(21,31)32)17-37(22)27(41)24(29(3,4)5)36-28(42)34-18-13-11-10-12-14-18/h6-7,18-22,24H,1-2,8-17H2,3-5H3,(H,33,40)(H,35,39)(H2,34,36,42)/t19-,20?,21-,22-,24+/m0/s1. The molecule has 42 heavy (non-hydrogen) atoms. The minimum atomic E-state index is -1.20. The molecule has 0 spiro atoms. The third-order valence-electron chi connectivity index (χ3n) is 8.36. The monoisotopic (exact) mass is 625 g/mol. The van der Waals surface area contributed by atoms with Crippen molar-refractivity contribution in [1.82, 2.24) is 26.2 Å². The molecule has 1 heterocycles. The maximum Gasteiger partial charge on any atom is 0.315 e. The molecule has 10 nitrogen and oxygen atoms in total. The number of allylic oxidation sites excluding steroid dienone is 1. The van der Waals surface area contributed by atoms with E-state index in [2.05, 4.69) is 34.4 Å². The largest absolute Gasteiger partial charge is 0.349 e. The van der Waals surface area contributed by atoms with Gasteiger partial charge in [-0.2, -0.15) is 0 Å². The topological polar surface area (TPSA) is 137 Å². The highest BCUT2D eigenvalue weighted by atomic mass is 35.5. The lowest BCUT2D eigenvalue weighted by Crippen LogP contribution is -2.62. The van der Waals surface area contributed by atoms with Crippen LogP contribution in [0.1, 0.15) is 72.1 Å². The third-order valence-corrected chi connectivity index (χ3v) is 9.43. The van der Waals surface area contributed by atoms with E-state index in [1.807, 2.05) is 20.8 Å². The first kappa shape index (κ1) is 33.9. The van der Waals surface area contributed by atoms with E-state index in [9.17, 15) is 24.0 Å². The number of hydrogen-bond donors (Lipinski definition) is 4. The van der Waals surface area contributed by atoms with Gasteiger partial charge in [0.05, 0.1) is 6.04 Å². The summed E-state index contributed by atoms with van der Waals surface area (Å²) in [7, 11) is 0. The lowest BCUT2D eigenvalue weighted by atomic mass is 9.85. The summed E-state index contributed by atoms with van der Waals surface area (Å²) >= 11 is 13.0. The molecular weight excluding hydrogens is 581 g/mol. The van der Waals surface area contributed by atoms with Crippen molar-refractivity contribution < 1.29 is 24.0 Å². The first-order chi connectivity index (χ1) is 19.7. The SMILES string of the molecule is C=CCCNC(=O)C(=O)C(CCC=C)NC(=O)[C@@H]1[C@@H]2[C@H](CN1C(=O)[C@@H](NC(=O)NC1CCCCC1)C(C)(C)C)C2(Cl)Cl. The first-order valence-electron chi connectivity index (χ1n) is 14.8. The average Bonchev–Trinajstić information content (AvgIpc) is 3.24. The number of fused-ring (bicyclic) bond motifs is 1. The van der Waals surface area contributed by atoms with Crippen molar-refractivity contribution in [3.05, 3.63) is 25.3 Å². The van der Waals surface area contributed by atoms with E-state index < -0.39 is 63.3 Å². The van der Waals surface area contributed by atoms with Crippen LogP contribution >= 0.6 is 23.2 Å².